The highest BCUT2D eigenvalue weighted by Crippen LogP contribution is 2.29. The van der Waals surface area contributed by atoms with Crippen molar-refractivity contribution in [3.8, 4) is 5.75 Å². The van der Waals surface area contributed by atoms with Crippen LogP contribution >= 0.6 is 0 Å². The predicted octanol–water partition coefficient (Wildman–Crippen LogP) is 1.50. The average Bonchev–Trinajstić information content (AvgIpc) is 3.18. The summed E-state index contributed by atoms with van der Waals surface area (Å²) in [7, 11) is 0. The monoisotopic (exact) mass is 610 g/mol. The molecule has 234 valence electrons. The van der Waals surface area contributed by atoms with E-state index < -0.39 is 41.8 Å². The number of unbranched alkanes of at least 4 members (excludes halogenated alkanes) is 2. The van der Waals surface area contributed by atoms with Crippen LogP contribution in [0, 0.1) is 0 Å². The van der Waals surface area contributed by atoms with Crippen LogP contribution in [0.4, 0.5) is 13.2 Å². The number of amides is 4. The second-order valence-electron chi connectivity index (χ2n) is 10.5. The Labute approximate surface area is 245 Å². The Kier molecular flexibility index (Phi) is 10.5. The first-order valence-corrected chi connectivity index (χ1v) is 14.0. The molecule has 0 radical (unpaired) electrons. The highest BCUT2D eigenvalue weighted by atomic mass is 19.4. The van der Waals surface area contributed by atoms with Gasteiger partial charge in [-0.1, -0.05) is 0 Å². The van der Waals surface area contributed by atoms with Gasteiger partial charge in [0.2, 0.25) is 5.91 Å². The maximum Gasteiger partial charge on any atom is 0.490 e. The molecule has 0 saturated carbocycles. The molecule has 1 atom stereocenters. The minimum Gasteiger partial charge on any atom is -0.494 e. The minimum atomic E-state index is -5.08. The van der Waals surface area contributed by atoms with Crippen molar-refractivity contribution < 1.29 is 51.7 Å². The number of fused-ring (bicyclic) bond motifs is 1. The molecule has 1 unspecified atom stereocenters. The van der Waals surface area contributed by atoms with E-state index in [2.05, 4.69) is 15.5 Å². The van der Waals surface area contributed by atoms with Crippen molar-refractivity contribution >= 4 is 29.6 Å². The molecule has 1 aromatic carbocycles. The molecule has 0 aromatic heterocycles. The topological polar surface area (TPSA) is 155 Å². The number of hydrogen-bond acceptors (Lipinski definition) is 9. The minimum absolute atomic E-state index is 0.205. The summed E-state index contributed by atoms with van der Waals surface area (Å²) in [5.41, 5.74) is 0.431. The van der Waals surface area contributed by atoms with Crippen LogP contribution in [0.3, 0.4) is 0 Å². The zero-order valence-corrected chi connectivity index (χ0v) is 23.2. The Hall–Kier alpha value is -3.82. The van der Waals surface area contributed by atoms with Gasteiger partial charge in [-0.2, -0.15) is 13.2 Å². The first kappa shape index (κ1) is 32.1. The molecular weight excluding hydrogens is 577 g/mol. The highest BCUT2D eigenvalue weighted by Gasteiger charge is 2.43. The van der Waals surface area contributed by atoms with Crippen molar-refractivity contribution in [1.29, 1.82) is 0 Å². The Morgan fingerprint density at radius 1 is 0.977 bits per heavy atom. The summed E-state index contributed by atoms with van der Waals surface area (Å²) in [6.45, 7) is 5.76. The SMILES string of the molecule is O=C(O)C(F)(F)F.O=C1C=CC(N2C(=O)c3ccc(OCCCCCN4CCC(OC5CNC5)CC4)cc3C2=O)C(=O)N1. The second kappa shape index (κ2) is 14.1. The zero-order chi connectivity index (χ0) is 31.1. The average molecular weight is 611 g/mol. The van der Waals surface area contributed by atoms with E-state index in [0.29, 0.717) is 24.6 Å². The quantitative estimate of drug-likeness (QED) is 0.262. The van der Waals surface area contributed by atoms with Crippen molar-refractivity contribution in [2.45, 2.75) is 56.5 Å². The van der Waals surface area contributed by atoms with Crippen molar-refractivity contribution in [1.82, 2.24) is 20.4 Å². The standard InChI is InChI=1S/C26H32N4O6.C2HF3O2/c31-23-7-6-22(24(32)28-23)30-25(33)20-5-4-18(14-21(20)26(30)34)35-13-3-1-2-10-29-11-8-17(9-12-29)36-19-15-27-16-19;3-2(4,5)1(6)7/h4-7,14,17,19,22,27H,1-3,8-13,15-16H2,(H,28,31,32);(H,6,7). The Morgan fingerprint density at radius 3 is 2.26 bits per heavy atom. The van der Waals surface area contributed by atoms with Crippen molar-refractivity contribution in [2.24, 2.45) is 0 Å². The number of aliphatic carboxylic acids is 1. The molecule has 5 rings (SSSR count). The lowest BCUT2D eigenvalue weighted by molar-refractivity contribution is -0.192. The molecule has 4 aliphatic rings. The number of nitrogens with one attached hydrogen (secondary N) is 2. The summed E-state index contributed by atoms with van der Waals surface area (Å²) >= 11 is 0. The second-order valence-corrected chi connectivity index (χ2v) is 10.5. The Morgan fingerprint density at radius 2 is 1.65 bits per heavy atom. The van der Waals surface area contributed by atoms with Crippen LogP contribution in [0.5, 0.6) is 5.75 Å². The van der Waals surface area contributed by atoms with Gasteiger partial charge < -0.3 is 24.8 Å². The van der Waals surface area contributed by atoms with E-state index in [1.807, 2.05) is 0 Å². The number of imide groups is 2. The molecule has 12 nitrogen and oxygen atoms in total. The molecular formula is C28H33F3N4O8. The number of alkyl halides is 3. The fourth-order valence-corrected chi connectivity index (χ4v) is 4.99. The zero-order valence-electron chi connectivity index (χ0n) is 23.2. The molecule has 4 amide bonds. The fourth-order valence-electron chi connectivity index (χ4n) is 4.99. The molecule has 43 heavy (non-hydrogen) atoms. The van der Waals surface area contributed by atoms with E-state index in [1.165, 1.54) is 6.08 Å². The van der Waals surface area contributed by atoms with Gasteiger partial charge in [-0.15, -0.1) is 0 Å². The van der Waals surface area contributed by atoms with Crippen LogP contribution in [0.1, 0.15) is 52.8 Å². The van der Waals surface area contributed by atoms with Crippen molar-refractivity contribution in [2.75, 3.05) is 39.3 Å². The third kappa shape index (κ3) is 8.39. The number of nitrogens with zero attached hydrogens (tertiary/aromatic N) is 2. The molecule has 2 saturated heterocycles. The van der Waals surface area contributed by atoms with Gasteiger partial charge in [-0.25, -0.2) is 4.79 Å². The van der Waals surface area contributed by atoms with Crippen LogP contribution in [0.2, 0.25) is 0 Å². The van der Waals surface area contributed by atoms with Gasteiger partial charge in [0.05, 0.1) is 29.9 Å². The molecule has 1 aromatic rings. The van der Waals surface area contributed by atoms with Gasteiger partial charge in [-0.05, 0) is 62.9 Å². The number of benzene rings is 1. The number of carbonyl (C=O) groups is 5. The molecule has 0 bridgehead atoms. The first-order valence-electron chi connectivity index (χ1n) is 14.0. The van der Waals surface area contributed by atoms with Gasteiger partial charge in [0.25, 0.3) is 17.7 Å². The number of likely N-dealkylation sites (tertiary alicyclic amines) is 1. The summed E-state index contributed by atoms with van der Waals surface area (Å²) < 4.78 is 43.7. The molecule has 3 N–H and O–H groups in total. The first-order chi connectivity index (χ1) is 20.4. The number of hydrogen-bond donors (Lipinski definition) is 3. The molecule has 2 fully saturated rings. The molecule has 0 aliphatic carbocycles. The Balaban J connectivity index is 0.000000541. The van der Waals surface area contributed by atoms with Crippen LogP contribution in [-0.4, -0.2) is 108 Å². The van der Waals surface area contributed by atoms with Gasteiger partial charge in [0.1, 0.15) is 11.8 Å². The number of halogens is 3. The van der Waals surface area contributed by atoms with E-state index in [1.54, 1.807) is 18.2 Å². The summed E-state index contributed by atoms with van der Waals surface area (Å²) in [6, 6.07) is 3.63. The van der Waals surface area contributed by atoms with E-state index in [0.717, 1.165) is 75.8 Å². The maximum atomic E-state index is 12.9. The lowest BCUT2D eigenvalue weighted by atomic mass is 10.1. The molecule has 0 spiro atoms. The van der Waals surface area contributed by atoms with Gasteiger partial charge in [0, 0.05) is 32.3 Å². The number of ether oxygens (including phenoxy) is 2. The summed E-state index contributed by atoms with van der Waals surface area (Å²) in [5.74, 6) is -4.64. The lowest BCUT2D eigenvalue weighted by Crippen LogP contribution is -2.51. The van der Waals surface area contributed by atoms with Crippen LogP contribution < -0.4 is 15.4 Å². The van der Waals surface area contributed by atoms with E-state index in [4.69, 9.17) is 19.4 Å². The number of carboxylic acids is 1. The van der Waals surface area contributed by atoms with E-state index in [9.17, 15) is 32.3 Å². The largest absolute Gasteiger partial charge is 0.494 e. The highest BCUT2D eigenvalue weighted by molar-refractivity contribution is 6.24. The predicted molar refractivity (Wildman–Crippen MR) is 143 cm³/mol. The molecule has 4 heterocycles. The van der Waals surface area contributed by atoms with Crippen LogP contribution in [-0.2, 0) is 19.1 Å². The fraction of sp³-hybridized carbons (Fsp3) is 0.536. The lowest BCUT2D eigenvalue weighted by Gasteiger charge is -2.36. The third-order valence-electron chi connectivity index (χ3n) is 7.41. The van der Waals surface area contributed by atoms with E-state index in [-0.39, 0.29) is 11.1 Å². The third-order valence-corrected chi connectivity index (χ3v) is 7.41. The maximum absolute atomic E-state index is 12.9. The number of rotatable bonds is 10. The normalized spacial score (nSPS) is 21.2. The summed E-state index contributed by atoms with van der Waals surface area (Å²) in [5, 5.41) is 12.5. The van der Waals surface area contributed by atoms with Gasteiger partial charge in [-0.3, -0.25) is 29.4 Å². The van der Waals surface area contributed by atoms with Gasteiger partial charge >= 0.3 is 12.1 Å². The number of carboxylic acid groups (broad SMARTS) is 1. The van der Waals surface area contributed by atoms with Crippen LogP contribution in [0.15, 0.2) is 30.4 Å². The Bertz CT molecular complexity index is 1260. The molecule has 4 aliphatic heterocycles. The van der Waals surface area contributed by atoms with Gasteiger partial charge in [0.15, 0.2) is 0 Å². The summed E-state index contributed by atoms with van der Waals surface area (Å²) in [4.78, 5) is 61.4. The summed E-state index contributed by atoms with van der Waals surface area (Å²) in [6.07, 6.45) is 3.40. The molecule has 15 heteroatoms. The number of piperidine rings is 1. The number of carbonyl (C=O) groups excluding carboxylic acids is 4. The van der Waals surface area contributed by atoms with Crippen LogP contribution in [0.25, 0.3) is 0 Å². The van der Waals surface area contributed by atoms with E-state index >= 15 is 0 Å². The van der Waals surface area contributed by atoms with Crippen molar-refractivity contribution in [3.05, 3.63) is 41.5 Å². The smallest absolute Gasteiger partial charge is 0.490 e. The van der Waals surface area contributed by atoms with Crippen molar-refractivity contribution in [3.63, 3.8) is 0 Å².